The van der Waals surface area contributed by atoms with Crippen molar-refractivity contribution in [2.24, 2.45) is 0 Å². The van der Waals surface area contributed by atoms with E-state index in [-0.39, 0.29) is 11.9 Å². The Morgan fingerprint density at radius 1 is 1.08 bits per heavy atom. The third-order valence-electron chi connectivity index (χ3n) is 4.33. The number of benzene rings is 1. The number of anilines is 1. The highest BCUT2D eigenvalue weighted by Gasteiger charge is 2.30. The van der Waals surface area contributed by atoms with Crippen molar-refractivity contribution in [3.05, 3.63) is 54.5 Å². The van der Waals surface area contributed by atoms with Crippen LogP contribution in [0.4, 0.5) is 5.82 Å². The maximum atomic E-state index is 13.0. The van der Waals surface area contributed by atoms with Crippen molar-refractivity contribution in [3.8, 4) is 0 Å². The second kappa shape index (κ2) is 7.40. The average molecular weight is 325 g/mol. The first-order valence-corrected chi connectivity index (χ1v) is 8.18. The Kier molecular flexibility index (Phi) is 5.05. The van der Waals surface area contributed by atoms with Gasteiger partial charge in [-0.1, -0.05) is 30.3 Å². The third kappa shape index (κ3) is 3.54. The van der Waals surface area contributed by atoms with E-state index in [1.165, 1.54) is 0 Å². The summed E-state index contributed by atoms with van der Waals surface area (Å²) in [6.45, 7) is 2.96. The summed E-state index contributed by atoms with van der Waals surface area (Å²) in [5, 5.41) is 0. The maximum absolute atomic E-state index is 13.0. The average Bonchev–Trinajstić information content (AvgIpc) is 2.63. The van der Waals surface area contributed by atoms with Crippen LogP contribution in [0.15, 0.2) is 48.9 Å². The van der Waals surface area contributed by atoms with Gasteiger partial charge < -0.3 is 9.80 Å². The number of nitrogens with zero attached hydrogens (tertiary/aromatic N) is 5. The number of carbonyl (C=O) groups is 1. The van der Waals surface area contributed by atoms with Crippen LogP contribution in [0, 0.1) is 0 Å². The normalized spacial score (nSPS) is 16.3. The number of hydrogen-bond acceptors (Lipinski definition) is 5. The van der Waals surface area contributed by atoms with Gasteiger partial charge in [0.05, 0.1) is 6.20 Å². The Hall–Kier alpha value is -2.47. The SMILES string of the molecule is CN(C)[C@H](C(=O)N1CCN(c2cnccn2)CC1)c1ccccc1. The van der Waals surface area contributed by atoms with Crippen LogP contribution in [0.3, 0.4) is 0 Å². The molecule has 2 heterocycles. The highest BCUT2D eigenvalue weighted by atomic mass is 16.2. The van der Waals surface area contributed by atoms with Crippen LogP contribution < -0.4 is 4.90 Å². The number of hydrogen-bond donors (Lipinski definition) is 0. The molecule has 0 aliphatic carbocycles. The first-order chi connectivity index (χ1) is 11.7. The highest BCUT2D eigenvalue weighted by Crippen LogP contribution is 2.22. The van der Waals surface area contributed by atoms with Crippen LogP contribution in [0.1, 0.15) is 11.6 Å². The van der Waals surface area contributed by atoms with Crippen molar-refractivity contribution in [1.29, 1.82) is 0 Å². The predicted octanol–water partition coefficient (Wildman–Crippen LogP) is 1.43. The van der Waals surface area contributed by atoms with Gasteiger partial charge in [0.1, 0.15) is 11.9 Å². The molecule has 0 N–H and O–H groups in total. The topological polar surface area (TPSA) is 52.6 Å². The predicted molar refractivity (Wildman–Crippen MR) is 93.7 cm³/mol. The van der Waals surface area contributed by atoms with E-state index in [2.05, 4.69) is 14.9 Å². The number of aromatic nitrogens is 2. The Bertz CT molecular complexity index is 654. The highest BCUT2D eigenvalue weighted by molar-refractivity contribution is 5.83. The number of likely N-dealkylation sites (N-methyl/N-ethyl adjacent to an activating group) is 1. The first-order valence-electron chi connectivity index (χ1n) is 8.18. The fourth-order valence-corrected chi connectivity index (χ4v) is 3.08. The summed E-state index contributed by atoms with van der Waals surface area (Å²) in [5.74, 6) is 1.03. The standard InChI is InChI=1S/C18H23N5O/c1-21(2)17(15-6-4-3-5-7-15)18(24)23-12-10-22(11-13-23)16-14-19-8-9-20-16/h3-9,14,17H,10-13H2,1-2H3/t17-/m0/s1. The van der Waals surface area contributed by atoms with E-state index in [4.69, 9.17) is 0 Å². The Morgan fingerprint density at radius 3 is 2.38 bits per heavy atom. The summed E-state index contributed by atoms with van der Waals surface area (Å²) in [7, 11) is 3.90. The molecule has 0 bridgehead atoms. The van der Waals surface area contributed by atoms with Crippen molar-refractivity contribution >= 4 is 11.7 Å². The molecular formula is C18H23N5O. The molecule has 3 rings (SSSR count). The smallest absolute Gasteiger partial charge is 0.244 e. The molecule has 0 radical (unpaired) electrons. The minimum atomic E-state index is -0.241. The molecule has 1 aromatic carbocycles. The van der Waals surface area contributed by atoms with E-state index in [9.17, 15) is 4.79 Å². The summed E-state index contributed by atoms with van der Waals surface area (Å²) in [4.78, 5) is 27.6. The molecule has 0 spiro atoms. The molecule has 1 aliphatic rings. The molecule has 1 saturated heterocycles. The zero-order valence-electron chi connectivity index (χ0n) is 14.2. The third-order valence-corrected chi connectivity index (χ3v) is 4.33. The molecule has 1 amide bonds. The summed E-state index contributed by atoms with van der Waals surface area (Å²) < 4.78 is 0. The zero-order valence-corrected chi connectivity index (χ0v) is 14.2. The molecule has 1 fully saturated rings. The second-order valence-electron chi connectivity index (χ2n) is 6.15. The van der Waals surface area contributed by atoms with Gasteiger partial charge in [-0.25, -0.2) is 4.98 Å². The number of amides is 1. The van der Waals surface area contributed by atoms with Gasteiger partial charge in [-0.15, -0.1) is 0 Å². The molecule has 6 nitrogen and oxygen atoms in total. The first kappa shape index (κ1) is 16.4. The number of piperazine rings is 1. The maximum Gasteiger partial charge on any atom is 0.244 e. The molecule has 0 saturated carbocycles. The van der Waals surface area contributed by atoms with Crippen LogP contribution in [-0.2, 0) is 4.79 Å². The van der Waals surface area contributed by atoms with Crippen molar-refractivity contribution < 1.29 is 4.79 Å². The zero-order chi connectivity index (χ0) is 16.9. The second-order valence-corrected chi connectivity index (χ2v) is 6.15. The van der Waals surface area contributed by atoms with Crippen LogP contribution in [0.25, 0.3) is 0 Å². The van der Waals surface area contributed by atoms with E-state index < -0.39 is 0 Å². The Labute approximate surface area is 142 Å². The summed E-state index contributed by atoms with van der Waals surface area (Å²) in [5.41, 5.74) is 1.03. The fourth-order valence-electron chi connectivity index (χ4n) is 3.08. The quantitative estimate of drug-likeness (QED) is 0.851. The van der Waals surface area contributed by atoms with Crippen LogP contribution in [-0.4, -0.2) is 65.9 Å². The van der Waals surface area contributed by atoms with Gasteiger partial charge in [0.25, 0.3) is 0 Å². The van der Waals surface area contributed by atoms with Crippen molar-refractivity contribution in [1.82, 2.24) is 19.8 Å². The number of rotatable bonds is 4. The van der Waals surface area contributed by atoms with Gasteiger partial charge in [0.2, 0.25) is 5.91 Å². The molecule has 24 heavy (non-hydrogen) atoms. The van der Waals surface area contributed by atoms with Crippen molar-refractivity contribution in [2.45, 2.75) is 6.04 Å². The fraction of sp³-hybridized carbons (Fsp3) is 0.389. The largest absolute Gasteiger partial charge is 0.352 e. The summed E-state index contributed by atoms with van der Waals surface area (Å²) in [6, 6.07) is 9.71. The lowest BCUT2D eigenvalue weighted by atomic mass is 10.0. The molecule has 2 aromatic rings. The molecule has 6 heteroatoms. The van der Waals surface area contributed by atoms with E-state index in [1.54, 1.807) is 18.6 Å². The monoisotopic (exact) mass is 325 g/mol. The van der Waals surface area contributed by atoms with Gasteiger partial charge in [0, 0.05) is 38.6 Å². The van der Waals surface area contributed by atoms with Gasteiger partial charge >= 0.3 is 0 Å². The minimum absolute atomic E-state index is 0.157. The number of carbonyl (C=O) groups excluding carboxylic acids is 1. The summed E-state index contributed by atoms with van der Waals surface area (Å²) >= 11 is 0. The van der Waals surface area contributed by atoms with Crippen molar-refractivity contribution in [2.75, 3.05) is 45.2 Å². The lowest BCUT2D eigenvalue weighted by Crippen LogP contribution is -2.51. The Balaban J connectivity index is 1.67. The van der Waals surface area contributed by atoms with Crippen LogP contribution in [0.5, 0.6) is 0 Å². The minimum Gasteiger partial charge on any atom is -0.352 e. The molecule has 126 valence electrons. The summed E-state index contributed by atoms with van der Waals surface area (Å²) in [6.07, 6.45) is 5.14. The molecule has 0 unspecified atom stereocenters. The van der Waals surface area contributed by atoms with E-state index in [0.717, 1.165) is 24.5 Å². The van der Waals surface area contributed by atoms with Crippen LogP contribution >= 0.6 is 0 Å². The van der Waals surface area contributed by atoms with Gasteiger partial charge in [-0.05, 0) is 19.7 Å². The van der Waals surface area contributed by atoms with Crippen molar-refractivity contribution in [3.63, 3.8) is 0 Å². The Morgan fingerprint density at radius 2 is 1.79 bits per heavy atom. The van der Waals surface area contributed by atoms with E-state index in [1.807, 2.05) is 54.2 Å². The van der Waals surface area contributed by atoms with Crippen LogP contribution in [0.2, 0.25) is 0 Å². The van der Waals surface area contributed by atoms with Gasteiger partial charge in [0.15, 0.2) is 0 Å². The lowest BCUT2D eigenvalue weighted by Gasteiger charge is -2.38. The van der Waals surface area contributed by atoms with Gasteiger partial charge in [-0.2, -0.15) is 0 Å². The van der Waals surface area contributed by atoms with E-state index in [0.29, 0.717) is 13.1 Å². The molecular weight excluding hydrogens is 302 g/mol. The van der Waals surface area contributed by atoms with Gasteiger partial charge in [-0.3, -0.25) is 14.7 Å². The van der Waals surface area contributed by atoms with E-state index >= 15 is 0 Å². The molecule has 1 aromatic heterocycles. The lowest BCUT2D eigenvalue weighted by molar-refractivity contribution is -0.136. The molecule has 1 aliphatic heterocycles. The molecule has 1 atom stereocenters.